The van der Waals surface area contributed by atoms with Crippen molar-refractivity contribution in [3.8, 4) is 0 Å². The summed E-state index contributed by atoms with van der Waals surface area (Å²) in [5.41, 5.74) is 0. The molecule has 0 aliphatic carbocycles. The van der Waals surface area contributed by atoms with E-state index in [-0.39, 0.29) is 16.8 Å². The topological polar surface area (TPSA) is 90.3 Å². The molecule has 2 rings (SSSR count). The van der Waals surface area contributed by atoms with E-state index < -0.39 is 0 Å². The third-order valence-electron chi connectivity index (χ3n) is 2.70. The van der Waals surface area contributed by atoms with Gasteiger partial charge in [-0.1, -0.05) is 12.1 Å². The molecule has 0 aromatic carbocycles. The fourth-order valence-electron chi connectivity index (χ4n) is 1.45. The minimum atomic E-state index is 0. The standard InChI is InChI=1S/C10H20N2O2.2C5H5N.Co/c1-9(13)3-5-11-7-8-12-6-4-10(2)14;2*1-2-4-6-5-3-1;/h3-4,11-14H,5-8H2,1-2H3;2*1-5H;/b9-3-,10-4-;;;. The Morgan fingerprint density at radius 2 is 1.04 bits per heavy atom. The van der Waals surface area contributed by atoms with Crippen molar-refractivity contribution in [2.75, 3.05) is 26.2 Å². The van der Waals surface area contributed by atoms with E-state index in [4.69, 9.17) is 10.2 Å². The van der Waals surface area contributed by atoms with E-state index in [1.807, 2.05) is 36.4 Å². The molecule has 2 aromatic heterocycles. The smallest absolute Gasteiger partial charge is 0.0864 e. The van der Waals surface area contributed by atoms with Crippen LogP contribution in [0.2, 0.25) is 0 Å². The van der Waals surface area contributed by atoms with Gasteiger partial charge in [0.1, 0.15) is 0 Å². The molecule has 7 heteroatoms. The van der Waals surface area contributed by atoms with Crippen LogP contribution >= 0.6 is 0 Å². The maximum Gasteiger partial charge on any atom is 0.0864 e. The molecular formula is C20H30CoN4O2. The Morgan fingerprint density at radius 1 is 0.704 bits per heavy atom. The SMILES string of the molecule is C/C(O)=C/CNCCNC/C=C(/C)O.[Co].c1ccncc1.c1ccncc1. The van der Waals surface area contributed by atoms with Crippen LogP contribution in [0.4, 0.5) is 0 Å². The van der Waals surface area contributed by atoms with Gasteiger partial charge >= 0.3 is 0 Å². The Kier molecular flexibility index (Phi) is 21.9. The Balaban J connectivity index is 0. The number of nitrogens with one attached hydrogen (secondary N) is 2. The Morgan fingerprint density at radius 3 is 1.22 bits per heavy atom. The van der Waals surface area contributed by atoms with Crippen LogP contribution in [-0.4, -0.2) is 46.4 Å². The quantitative estimate of drug-likeness (QED) is 0.409. The van der Waals surface area contributed by atoms with Gasteiger partial charge in [-0.3, -0.25) is 9.97 Å². The molecule has 0 atom stereocenters. The number of pyridine rings is 2. The van der Waals surface area contributed by atoms with E-state index in [0.717, 1.165) is 13.1 Å². The molecule has 1 radical (unpaired) electrons. The molecule has 0 saturated carbocycles. The summed E-state index contributed by atoms with van der Waals surface area (Å²) in [5, 5.41) is 23.9. The summed E-state index contributed by atoms with van der Waals surface area (Å²) < 4.78 is 0. The second-order valence-corrected chi connectivity index (χ2v) is 5.15. The van der Waals surface area contributed by atoms with Gasteiger partial charge in [-0.25, -0.2) is 0 Å². The predicted octanol–water partition coefficient (Wildman–Crippen LogP) is 3.25. The number of nitrogens with zero attached hydrogens (tertiary/aromatic N) is 2. The monoisotopic (exact) mass is 417 g/mol. The van der Waals surface area contributed by atoms with E-state index in [9.17, 15) is 0 Å². The fourth-order valence-corrected chi connectivity index (χ4v) is 1.45. The molecule has 0 spiro atoms. The molecular weight excluding hydrogens is 387 g/mol. The second-order valence-electron chi connectivity index (χ2n) is 5.15. The van der Waals surface area contributed by atoms with Gasteiger partial charge in [0, 0.05) is 67.7 Å². The number of aromatic nitrogens is 2. The van der Waals surface area contributed by atoms with E-state index in [0.29, 0.717) is 24.6 Å². The molecule has 2 heterocycles. The van der Waals surface area contributed by atoms with E-state index >= 15 is 0 Å². The van der Waals surface area contributed by atoms with E-state index in [2.05, 4.69) is 20.6 Å². The van der Waals surface area contributed by atoms with Gasteiger partial charge in [0.05, 0.1) is 11.5 Å². The predicted molar refractivity (Wildman–Crippen MR) is 107 cm³/mol. The van der Waals surface area contributed by atoms with Gasteiger partial charge in [-0.05, 0) is 50.3 Å². The first-order valence-electron chi connectivity index (χ1n) is 8.45. The summed E-state index contributed by atoms with van der Waals surface area (Å²) in [6.07, 6.45) is 10.4. The molecule has 0 aliphatic rings. The largest absolute Gasteiger partial charge is 0.513 e. The van der Waals surface area contributed by atoms with Crippen LogP contribution in [0.15, 0.2) is 84.9 Å². The summed E-state index contributed by atoms with van der Waals surface area (Å²) >= 11 is 0. The van der Waals surface area contributed by atoms with Crippen molar-refractivity contribution in [2.45, 2.75) is 13.8 Å². The minimum Gasteiger partial charge on any atom is -0.513 e. The summed E-state index contributed by atoms with van der Waals surface area (Å²) in [6, 6.07) is 11.4. The molecule has 151 valence electrons. The molecule has 6 nitrogen and oxygen atoms in total. The van der Waals surface area contributed by atoms with E-state index in [1.54, 1.807) is 50.8 Å². The van der Waals surface area contributed by atoms with Crippen LogP contribution in [0.1, 0.15) is 13.8 Å². The van der Waals surface area contributed by atoms with Gasteiger partial charge in [0.2, 0.25) is 0 Å². The van der Waals surface area contributed by atoms with Crippen molar-refractivity contribution in [3.63, 3.8) is 0 Å². The van der Waals surface area contributed by atoms with Gasteiger partial charge in [0.15, 0.2) is 0 Å². The van der Waals surface area contributed by atoms with Crippen LogP contribution < -0.4 is 10.6 Å². The summed E-state index contributed by atoms with van der Waals surface area (Å²) in [5.74, 6) is 0.675. The van der Waals surface area contributed by atoms with Crippen LogP contribution in [0.25, 0.3) is 0 Å². The average molecular weight is 417 g/mol. The number of hydrogen-bond acceptors (Lipinski definition) is 6. The zero-order chi connectivity index (χ0) is 19.3. The van der Waals surface area contributed by atoms with Crippen molar-refractivity contribution in [1.29, 1.82) is 0 Å². The average Bonchev–Trinajstić information content (AvgIpc) is 2.67. The Bertz CT molecular complexity index is 466. The number of aliphatic hydroxyl groups excluding tert-OH is 2. The zero-order valence-corrected chi connectivity index (χ0v) is 16.9. The molecule has 0 bridgehead atoms. The molecule has 2 aromatic rings. The molecule has 0 saturated heterocycles. The molecule has 0 unspecified atom stereocenters. The van der Waals surface area contributed by atoms with Crippen molar-refractivity contribution >= 4 is 0 Å². The minimum absolute atomic E-state index is 0. The van der Waals surface area contributed by atoms with Crippen LogP contribution in [-0.2, 0) is 16.8 Å². The maximum absolute atomic E-state index is 8.82. The number of allylic oxidation sites excluding steroid dienone is 2. The van der Waals surface area contributed by atoms with Crippen LogP contribution in [0.5, 0.6) is 0 Å². The zero-order valence-electron chi connectivity index (χ0n) is 15.9. The van der Waals surface area contributed by atoms with Gasteiger partial charge in [-0.2, -0.15) is 0 Å². The third-order valence-corrected chi connectivity index (χ3v) is 2.70. The first kappa shape index (κ1) is 27.0. The Labute approximate surface area is 172 Å². The third kappa shape index (κ3) is 26.1. The second kappa shape index (κ2) is 21.8. The molecule has 0 aliphatic heterocycles. The van der Waals surface area contributed by atoms with Gasteiger partial charge in [0.25, 0.3) is 0 Å². The van der Waals surface area contributed by atoms with Crippen molar-refractivity contribution in [2.24, 2.45) is 0 Å². The summed E-state index contributed by atoms with van der Waals surface area (Å²) in [4.78, 5) is 7.57. The molecule has 27 heavy (non-hydrogen) atoms. The molecule has 4 N–H and O–H groups in total. The number of hydrogen-bond donors (Lipinski definition) is 4. The van der Waals surface area contributed by atoms with Crippen molar-refractivity contribution in [3.05, 3.63) is 84.9 Å². The normalized spacial score (nSPS) is 10.4. The van der Waals surface area contributed by atoms with Crippen molar-refractivity contribution < 1.29 is 27.0 Å². The maximum atomic E-state index is 8.82. The summed E-state index contributed by atoms with van der Waals surface area (Å²) in [6.45, 7) is 6.32. The van der Waals surface area contributed by atoms with Crippen molar-refractivity contribution in [1.82, 2.24) is 20.6 Å². The first-order chi connectivity index (χ1) is 12.6. The first-order valence-corrected chi connectivity index (χ1v) is 8.45. The Hall–Kier alpha value is -2.19. The van der Waals surface area contributed by atoms with E-state index in [1.165, 1.54) is 0 Å². The van der Waals surface area contributed by atoms with Crippen LogP contribution in [0.3, 0.4) is 0 Å². The summed E-state index contributed by atoms with van der Waals surface area (Å²) in [7, 11) is 0. The number of rotatable bonds is 7. The van der Waals surface area contributed by atoms with Crippen LogP contribution in [0, 0.1) is 0 Å². The van der Waals surface area contributed by atoms with Gasteiger partial charge < -0.3 is 20.8 Å². The van der Waals surface area contributed by atoms with Gasteiger partial charge in [-0.15, -0.1) is 0 Å². The number of aliphatic hydroxyl groups is 2. The molecule has 0 amide bonds. The fraction of sp³-hybridized carbons (Fsp3) is 0.300. The molecule has 0 fully saturated rings.